The van der Waals surface area contributed by atoms with E-state index in [1.165, 1.54) is 15.7 Å². The number of carboxylic acid groups (broad SMARTS) is 1. The third-order valence-electron chi connectivity index (χ3n) is 2.78. The van der Waals surface area contributed by atoms with Crippen molar-refractivity contribution in [1.82, 2.24) is 9.38 Å². The molecule has 2 aromatic heterocycles. The summed E-state index contributed by atoms with van der Waals surface area (Å²) in [5.74, 6) is -0.412. The molecule has 0 atom stereocenters. The molecule has 0 unspecified atom stereocenters. The molecule has 5 nitrogen and oxygen atoms in total. The van der Waals surface area contributed by atoms with E-state index in [0.29, 0.717) is 10.7 Å². The molecule has 0 saturated heterocycles. The normalized spacial score (nSPS) is 10.9. The van der Waals surface area contributed by atoms with Crippen LogP contribution in [0.15, 0.2) is 34.2 Å². The highest BCUT2D eigenvalue weighted by molar-refractivity contribution is 9.10. The van der Waals surface area contributed by atoms with E-state index >= 15 is 0 Å². The maximum atomic E-state index is 11.4. The monoisotopic (exact) mass is 352 g/mol. The minimum atomic E-state index is -1.07. The van der Waals surface area contributed by atoms with Gasteiger partial charge in [0.25, 0.3) is 5.88 Å². The molecule has 0 fully saturated rings. The third-order valence-corrected chi connectivity index (χ3v) is 4.42. The van der Waals surface area contributed by atoms with Crippen LogP contribution in [0.1, 0.15) is 16.1 Å². The standard InChI is InChI=1S/C13H9BrN2O3S/c1-7-6-8(2-3-9(7)14)19-11-10(12(17)18)16-4-5-20-13(16)15-11/h2-6H,1H3,(H,17,18). The molecule has 0 aliphatic carbocycles. The van der Waals surface area contributed by atoms with Gasteiger partial charge in [0.05, 0.1) is 0 Å². The number of hydrogen-bond donors (Lipinski definition) is 1. The lowest BCUT2D eigenvalue weighted by Crippen LogP contribution is -2.02. The average molecular weight is 353 g/mol. The number of imidazole rings is 1. The van der Waals surface area contributed by atoms with Gasteiger partial charge in [0.15, 0.2) is 10.7 Å². The van der Waals surface area contributed by atoms with E-state index in [-0.39, 0.29) is 11.6 Å². The number of halogens is 1. The van der Waals surface area contributed by atoms with Crippen LogP contribution >= 0.6 is 27.3 Å². The van der Waals surface area contributed by atoms with Gasteiger partial charge in [-0.2, -0.15) is 4.98 Å². The summed E-state index contributed by atoms with van der Waals surface area (Å²) in [5, 5.41) is 11.1. The summed E-state index contributed by atoms with van der Waals surface area (Å²) in [6, 6.07) is 5.43. The number of hydrogen-bond acceptors (Lipinski definition) is 4. The molecule has 0 radical (unpaired) electrons. The molecule has 0 aliphatic rings. The highest BCUT2D eigenvalue weighted by Crippen LogP contribution is 2.30. The van der Waals surface area contributed by atoms with Gasteiger partial charge in [-0.3, -0.25) is 4.40 Å². The number of carbonyl (C=O) groups is 1. The second-order valence-corrected chi connectivity index (χ2v) is 5.87. The van der Waals surface area contributed by atoms with Gasteiger partial charge < -0.3 is 9.84 Å². The van der Waals surface area contributed by atoms with Crippen molar-refractivity contribution in [1.29, 1.82) is 0 Å². The lowest BCUT2D eigenvalue weighted by molar-refractivity contribution is 0.0686. The molecule has 0 aliphatic heterocycles. The van der Waals surface area contributed by atoms with E-state index < -0.39 is 5.97 Å². The second kappa shape index (κ2) is 4.92. The molecule has 20 heavy (non-hydrogen) atoms. The average Bonchev–Trinajstić information content (AvgIpc) is 2.93. The van der Waals surface area contributed by atoms with Gasteiger partial charge in [0.2, 0.25) is 0 Å². The van der Waals surface area contributed by atoms with Crippen molar-refractivity contribution in [2.45, 2.75) is 6.92 Å². The van der Waals surface area contributed by atoms with E-state index in [1.807, 2.05) is 19.1 Å². The molecular formula is C13H9BrN2O3S. The molecule has 3 aromatic rings. The van der Waals surface area contributed by atoms with Crippen LogP contribution in [-0.4, -0.2) is 20.5 Å². The topological polar surface area (TPSA) is 63.8 Å². The first-order chi connectivity index (χ1) is 9.56. The fourth-order valence-electron chi connectivity index (χ4n) is 1.82. The van der Waals surface area contributed by atoms with Crippen molar-refractivity contribution < 1.29 is 14.6 Å². The van der Waals surface area contributed by atoms with Crippen LogP contribution in [0.5, 0.6) is 11.6 Å². The predicted molar refractivity (Wildman–Crippen MR) is 79.0 cm³/mol. The third kappa shape index (κ3) is 2.19. The Kier molecular flexibility index (Phi) is 3.23. The second-order valence-electron chi connectivity index (χ2n) is 4.14. The number of thiazole rings is 1. The molecule has 102 valence electrons. The Balaban J connectivity index is 2.05. The van der Waals surface area contributed by atoms with Crippen molar-refractivity contribution in [3.05, 3.63) is 45.5 Å². The Morgan fingerprint density at radius 2 is 2.30 bits per heavy atom. The largest absolute Gasteiger partial charge is 0.476 e. The first kappa shape index (κ1) is 13.1. The number of benzene rings is 1. The quantitative estimate of drug-likeness (QED) is 0.774. The SMILES string of the molecule is Cc1cc(Oc2nc3sccn3c2C(=O)O)ccc1Br. The summed E-state index contributed by atoms with van der Waals surface area (Å²) >= 11 is 4.76. The number of aromatic nitrogens is 2. The zero-order valence-electron chi connectivity index (χ0n) is 10.3. The maximum absolute atomic E-state index is 11.4. The number of carboxylic acids is 1. The number of aryl methyl sites for hydroxylation is 1. The van der Waals surface area contributed by atoms with E-state index in [2.05, 4.69) is 20.9 Å². The Hall–Kier alpha value is -1.86. The van der Waals surface area contributed by atoms with E-state index in [9.17, 15) is 9.90 Å². The summed E-state index contributed by atoms with van der Waals surface area (Å²) in [7, 11) is 0. The summed E-state index contributed by atoms with van der Waals surface area (Å²) in [5.41, 5.74) is 1.03. The molecule has 0 bridgehead atoms. The van der Waals surface area contributed by atoms with Gasteiger partial charge in [0, 0.05) is 16.0 Å². The number of ether oxygens (including phenoxy) is 1. The van der Waals surface area contributed by atoms with Gasteiger partial charge in [-0.1, -0.05) is 15.9 Å². The molecule has 3 rings (SSSR count). The fraction of sp³-hybridized carbons (Fsp3) is 0.0769. The van der Waals surface area contributed by atoms with E-state index in [1.54, 1.807) is 17.6 Å². The first-order valence-corrected chi connectivity index (χ1v) is 7.36. The lowest BCUT2D eigenvalue weighted by Gasteiger charge is -2.05. The summed E-state index contributed by atoms with van der Waals surface area (Å²) in [6.45, 7) is 1.93. The molecule has 1 N–H and O–H groups in total. The van der Waals surface area contributed by atoms with Crippen LogP contribution in [0.25, 0.3) is 4.96 Å². The zero-order chi connectivity index (χ0) is 14.3. The Morgan fingerprint density at radius 3 is 3.00 bits per heavy atom. The number of rotatable bonds is 3. The lowest BCUT2D eigenvalue weighted by atomic mass is 10.2. The molecule has 7 heteroatoms. The van der Waals surface area contributed by atoms with Crippen molar-refractivity contribution in [3.63, 3.8) is 0 Å². The maximum Gasteiger partial charge on any atom is 0.358 e. The molecule has 0 saturated carbocycles. The van der Waals surface area contributed by atoms with Crippen molar-refractivity contribution >= 4 is 38.2 Å². The summed E-state index contributed by atoms with van der Waals surface area (Å²) in [4.78, 5) is 16.2. The molecule has 0 spiro atoms. The minimum absolute atomic E-state index is 0.0295. The van der Waals surface area contributed by atoms with Gasteiger partial charge in [-0.15, -0.1) is 11.3 Å². The van der Waals surface area contributed by atoms with Crippen molar-refractivity contribution in [3.8, 4) is 11.6 Å². The molecule has 1 aromatic carbocycles. The zero-order valence-corrected chi connectivity index (χ0v) is 12.7. The summed E-state index contributed by atoms with van der Waals surface area (Å²) < 4.78 is 8.10. The van der Waals surface area contributed by atoms with Crippen molar-refractivity contribution in [2.75, 3.05) is 0 Å². The highest BCUT2D eigenvalue weighted by Gasteiger charge is 2.21. The Labute approximate surface area is 126 Å². The van der Waals surface area contributed by atoms with Gasteiger partial charge in [-0.25, -0.2) is 4.79 Å². The van der Waals surface area contributed by atoms with E-state index in [4.69, 9.17) is 4.74 Å². The predicted octanol–water partition coefficient (Wildman–Crippen LogP) is 3.96. The number of fused-ring (bicyclic) bond motifs is 1. The van der Waals surface area contributed by atoms with Gasteiger partial charge in [-0.05, 0) is 30.7 Å². The van der Waals surface area contributed by atoms with Crippen LogP contribution in [0.2, 0.25) is 0 Å². The summed E-state index contributed by atoms with van der Waals surface area (Å²) in [6.07, 6.45) is 1.66. The first-order valence-electron chi connectivity index (χ1n) is 5.69. The van der Waals surface area contributed by atoms with Crippen molar-refractivity contribution in [2.24, 2.45) is 0 Å². The number of aromatic carboxylic acids is 1. The smallest absolute Gasteiger partial charge is 0.358 e. The Morgan fingerprint density at radius 1 is 1.50 bits per heavy atom. The van der Waals surface area contributed by atoms with E-state index in [0.717, 1.165) is 10.0 Å². The highest BCUT2D eigenvalue weighted by atomic mass is 79.9. The minimum Gasteiger partial charge on any atom is -0.476 e. The number of nitrogens with zero attached hydrogens (tertiary/aromatic N) is 2. The van der Waals surface area contributed by atoms with Crippen LogP contribution in [0.4, 0.5) is 0 Å². The van der Waals surface area contributed by atoms with Gasteiger partial charge >= 0.3 is 5.97 Å². The molecule has 0 amide bonds. The molecule has 2 heterocycles. The van der Waals surface area contributed by atoms with Crippen LogP contribution in [-0.2, 0) is 0 Å². The van der Waals surface area contributed by atoms with Crippen LogP contribution in [0, 0.1) is 6.92 Å². The van der Waals surface area contributed by atoms with Gasteiger partial charge in [0.1, 0.15) is 5.75 Å². The molecular weight excluding hydrogens is 344 g/mol. The Bertz CT molecular complexity index is 809. The van der Waals surface area contributed by atoms with Crippen LogP contribution in [0.3, 0.4) is 0 Å². The fourth-order valence-corrected chi connectivity index (χ4v) is 2.78. The van der Waals surface area contributed by atoms with Crippen LogP contribution < -0.4 is 4.74 Å².